The molecule has 0 aliphatic heterocycles. The minimum absolute atomic E-state index is 0.110. The van der Waals surface area contributed by atoms with E-state index in [1.165, 1.54) is 12.5 Å². The number of rotatable bonds is 1. The van der Waals surface area contributed by atoms with E-state index in [4.69, 9.17) is 0 Å². The molecule has 1 atom stereocenters. The first-order valence-electron chi connectivity index (χ1n) is 3.94. The van der Waals surface area contributed by atoms with Gasteiger partial charge in [-0.1, -0.05) is 11.6 Å². The second-order valence-corrected chi connectivity index (χ2v) is 3.34. The zero-order valence-electron chi connectivity index (χ0n) is 7.05. The lowest BCUT2D eigenvalue weighted by atomic mass is 9.83. The van der Waals surface area contributed by atoms with E-state index >= 15 is 0 Å². The molecule has 0 saturated carbocycles. The Morgan fingerprint density at radius 3 is 2.73 bits per heavy atom. The van der Waals surface area contributed by atoms with Gasteiger partial charge in [-0.2, -0.15) is 0 Å². The summed E-state index contributed by atoms with van der Waals surface area (Å²) in [5, 5.41) is 9.67. The molecule has 1 aliphatic rings. The van der Waals surface area contributed by atoms with Crippen LogP contribution in [0.3, 0.4) is 0 Å². The molecule has 0 bridgehead atoms. The molecule has 1 unspecified atom stereocenters. The van der Waals surface area contributed by atoms with E-state index in [0.29, 0.717) is 12.8 Å². The Bertz CT molecular complexity index is 206. The Morgan fingerprint density at radius 1 is 1.73 bits per heavy atom. The van der Waals surface area contributed by atoms with Crippen molar-refractivity contribution in [3.8, 4) is 0 Å². The van der Waals surface area contributed by atoms with Gasteiger partial charge in [-0.25, -0.2) is 0 Å². The third-order valence-corrected chi connectivity index (χ3v) is 2.38. The highest BCUT2D eigenvalue weighted by Gasteiger charge is 2.32. The van der Waals surface area contributed by atoms with Crippen LogP contribution in [-0.2, 0) is 4.79 Å². The lowest BCUT2D eigenvalue weighted by molar-refractivity contribution is -0.135. The van der Waals surface area contributed by atoms with Crippen LogP contribution in [0.1, 0.15) is 33.1 Å². The highest BCUT2D eigenvalue weighted by molar-refractivity contribution is 5.85. The molecule has 1 aliphatic carbocycles. The summed E-state index contributed by atoms with van der Waals surface area (Å²) in [7, 11) is 0. The maximum Gasteiger partial charge on any atom is 0.161 e. The Kier molecular flexibility index (Phi) is 2.14. The summed E-state index contributed by atoms with van der Waals surface area (Å²) in [4.78, 5) is 10.9. The number of carbonyl (C=O) groups is 1. The predicted octanol–water partition coefficient (Wildman–Crippen LogP) is 1.44. The number of hydrogen-bond acceptors (Lipinski definition) is 2. The number of carbonyl (C=O) groups excluding carboxylic acids is 1. The number of aliphatic hydroxyl groups is 1. The van der Waals surface area contributed by atoms with Gasteiger partial charge in [-0.05, 0) is 26.7 Å². The molecule has 0 aromatic heterocycles. The molecule has 1 N–H and O–H groups in total. The van der Waals surface area contributed by atoms with E-state index in [9.17, 15) is 9.90 Å². The Labute approximate surface area is 66.9 Å². The summed E-state index contributed by atoms with van der Waals surface area (Å²) in [6, 6.07) is 0. The summed E-state index contributed by atoms with van der Waals surface area (Å²) in [6.45, 7) is 3.48. The smallest absolute Gasteiger partial charge is 0.161 e. The number of Topliss-reactive ketones (excluding diaryl/α,β-unsaturated/α-hetero) is 1. The van der Waals surface area contributed by atoms with Crippen molar-refractivity contribution in [2.24, 2.45) is 0 Å². The van der Waals surface area contributed by atoms with Gasteiger partial charge in [0.2, 0.25) is 0 Å². The molecule has 0 radical (unpaired) electrons. The molecule has 0 spiro atoms. The quantitative estimate of drug-likeness (QED) is 0.580. The molecule has 1 rings (SSSR count). The van der Waals surface area contributed by atoms with Gasteiger partial charge in [-0.15, -0.1) is 0 Å². The van der Waals surface area contributed by atoms with Gasteiger partial charge in [0.05, 0.1) is 0 Å². The van der Waals surface area contributed by atoms with E-state index in [0.717, 1.165) is 6.42 Å². The summed E-state index contributed by atoms with van der Waals surface area (Å²) in [6.07, 6.45) is 3.87. The summed E-state index contributed by atoms with van der Waals surface area (Å²) in [5.74, 6) is -0.110. The van der Waals surface area contributed by atoms with Crippen LogP contribution >= 0.6 is 0 Å². The molecular weight excluding hydrogens is 140 g/mol. The minimum atomic E-state index is -1.06. The first-order valence-corrected chi connectivity index (χ1v) is 3.94. The van der Waals surface area contributed by atoms with Crippen LogP contribution < -0.4 is 0 Å². The predicted molar refractivity (Wildman–Crippen MR) is 43.2 cm³/mol. The van der Waals surface area contributed by atoms with Crippen LogP contribution in [0.15, 0.2) is 11.6 Å². The molecule has 0 heterocycles. The lowest BCUT2D eigenvalue weighted by Crippen LogP contribution is -2.37. The molecule has 0 aromatic carbocycles. The van der Waals surface area contributed by atoms with Crippen LogP contribution in [0.4, 0.5) is 0 Å². The maximum atomic E-state index is 10.9. The van der Waals surface area contributed by atoms with E-state index in [1.807, 2.05) is 13.0 Å². The van der Waals surface area contributed by atoms with Crippen molar-refractivity contribution in [1.29, 1.82) is 0 Å². The van der Waals surface area contributed by atoms with E-state index in [2.05, 4.69) is 0 Å². The van der Waals surface area contributed by atoms with Crippen LogP contribution in [0.5, 0.6) is 0 Å². The van der Waals surface area contributed by atoms with Gasteiger partial charge in [0.1, 0.15) is 5.60 Å². The standard InChI is InChI=1S/C9H14O2/c1-7-3-5-9(11,6-4-7)8(2)10/h3,11H,4-6H2,1-2H3. The maximum absolute atomic E-state index is 10.9. The van der Waals surface area contributed by atoms with Gasteiger partial charge in [0.25, 0.3) is 0 Å². The zero-order valence-corrected chi connectivity index (χ0v) is 7.05. The van der Waals surface area contributed by atoms with Crippen molar-refractivity contribution in [2.75, 3.05) is 0 Å². The molecule has 2 nitrogen and oxygen atoms in total. The van der Waals surface area contributed by atoms with Gasteiger partial charge in [0.15, 0.2) is 5.78 Å². The van der Waals surface area contributed by atoms with E-state index in [1.54, 1.807) is 0 Å². The number of ketones is 1. The van der Waals surface area contributed by atoms with Gasteiger partial charge in [-0.3, -0.25) is 4.79 Å². The third kappa shape index (κ3) is 1.69. The highest BCUT2D eigenvalue weighted by Crippen LogP contribution is 2.27. The monoisotopic (exact) mass is 154 g/mol. The molecule has 11 heavy (non-hydrogen) atoms. The second-order valence-electron chi connectivity index (χ2n) is 3.34. The molecular formula is C9H14O2. The molecule has 0 fully saturated rings. The van der Waals surface area contributed by atoms with Gasteiger partial charge in [0, 0.05) is 6.42 Å². The third-order valence-electron chi connectivity index (χ3n) is 2.38. The number of hydrogen-bond donors (Lipinski definition) is 1. The van der Waals surface area contributed by atoms with E-state index < -0.39 is 5.60 Å². The zero-order chi connectivity index (χ0) is 8.48. The Hall–Kier alpha value is -0.630. The van der Waals surface area contributed by atoms with Gasteiger partial charge < -0.3 is 5.11 Å². The van der Waals surface area contributed by atoms with Crippen molar-refractivity contribution >= 4 is 5.78 Å². The summed E-state index contributed by atoms with van der Waals surface area (Å²) < 4.78 is 0. The fourth-order valence-corrected chi connectivity index (χ4v) is 1.27. The fourth-order valence-electron chi connectivity index (χ4n) is 1.27. The van der Waals surface area contributed by atoms with Crippen LogP contribution in [0.2, 0.25) is 0 Å². The van der Waals surface area contributed by atoms with Crippen LogP contribution in [0, 0.1) is 0 Å². The molecule has 0 saturated heterocycles. The molecule has 62 valence electrons. The Morgan fingerprint density at radius 2 is 2.36 bits per heavy atom. The van der Waals surface area contributed by atoms with Crippen molar-refractivity contribution in [1.82, 2.24) is 0 Å². The van der Waals surface area contributed by atoms with Crippen molar-refractivity contribution in [2.45, 2.75) is 38.7 Å². The molecule has 0 amide bonds. The first-order chi connectivity index (χ1) is 5.04. The van der Waals surface area contributed by atoms with Crippen LogP contribution in [0.25, 0.3) is 0 Å². The van der Waals surface area contributed by atoms with Gasteiger partial charge >= 0.3 is 0 Å². The van der Waals surface area contributed by atoms with E-state index in [-0.39, 0.29) is 5.78 Å². The fraction of sp³-hybridized carbons (Fsp3) is 0.667. The summed E-state index contributed by atoms with van der Waals surface area (Å²) >= 11 is 0. The highest BCUT2D eigenvalue weighted by atomic mass is 16.3. The second kappa shape index (κ2) is 2.78. The normalized spacial score (nSPS) is 31.4. The van der Waals surface area contributed by atoms with Crippen molar-refractivity contribution in [3.63, 3.8) is 0 Å². The van der Waals surface area contributed by atoms with Crippen molar-refractivity contribution in [3.05, 3.63) is 11.6 Å². The first kappa shape index (κ1) is 8.47. The van der Waals surface area contributed by atoms with Crippen LogP contribution in [-0.4, -0.2) is 16.5 Å². The average molecular weight is 154 g/mol. The molecule has 0 aromatic rings. The van der Waals surface area contributed by atoms with Crippen molar-refractivity contribution < 1.29 is 9.90 Å². The lowest BCUT2D eigenvalue weighted by Gasteiger charge is -2.27. The topological polar surface area (TPSA) is 37.3 Å². The number of allylic oxidation sites excluding steroid dienone is 1. The Balaban J connectivity index is 2.71. The summed E-state index contributed by atoms with van der Waals surface area (Å²) in [5.41, 5.74) is 0.218. The average Bonchev–Trinajstić information content (AvgIpc) is 1.95. The SMILES string of the molecule is CC(=O)C1(O)CC=C(C)CC1. The minimum Gasteiger partial charge on any atom is -0.382 e. The largest absolute Gasteiger partial charge is 0.382 e. The molecule has 2 heteroatoms.